The summed E-state index contributed by atoms with van der Waals surface area (Å²) in [6, 6.07) is 11.9. The van der Waals surface area contributed by atoms with E-state index in [1.54, 1.807) is 0 Å². The van der Waals surface area contributed by atoms with E-state index in [0.29, 0.717) is 28.5 Å². The molecule has 0 spiro atoms. The molecule has 5 atom stereocenters. The summed E-state index contributed by atoms with van der Waals surface area (Å²) in [4.78, 5) is 0. The molecule has 142 valence electrons. The number of halogens is 1. The molecule has 2 aromatic carbocycles. The van der Waals surface area contributed by atoms with Crippen LogP contribution in [0, 0.1) is 17.3 Å². The Hall–Kier alpha value is -1.51. The van der Waals surface area contributed by atoms with Gasteiger partial charge < -0.3 is 10.2 Å². The Morgan fingerprint density at radius 3 is 2.59 bits per heavy atom. The van der Waals surface area contributed by atoms with E-state index < -0.39 is 0 Å². The van der Waals surface area contributed by atoms with Crippen molar-refractivity contribution >= 4 is 11.6 Å². The van der Waals surface area contributed by atoms with Crippen LogP contribution in [0.4, 0.5) is 0 Å². The summed E-state index contributed by atoms with van der Waals surface area (Å²) in [7, 11) is 0. The summed E-state index contributed by atoms with van der Waals surface area (Å²) in [5.41, 5.74) is 4.77. The van der Waals surface area contributed by atoms with E-state index in [-0.39, 0.29) is 11.5 Å². The maximum Gasteiger partial charge on any atom is 0.123 e. The first-order chi connectivity index (χ1) is 13.0. The molecule has 0 unspecified atom stereocenters. The van der Waals surface area contributed by atoms with Gasteiger partial charge in [-0.3, -0.25) is 0 Å². The van der Waals surface area contributed by atoms with Crippen molar-refractivity contribution in [3.8, 4) is 16.9 Å². The molecule has 2 fully saturated rings. The topological polar surface area (TPSA) is 40.5 Å². The van der Waals surface area contributed by atoms with Crippen molar-refractivity contribution < 1.29 is 10.2 Å². The number of aromatic hydroxyl groups is 1. The Bertz CT molecular complexity index is 875. The predicted molar refractivity (Wildman–Crippen MR) is 109 cm³/mol. The molecule has 2 saturated carbocycles. The quantitative estimate of drug-likeness (QED) is 0.641. The molecule has 2 N–H and O–H groups in total. The number of aliphatic hydroxyl groups is 1. The average molecular weight is 383 g/mol. The zero-order valence-corrected chi connectivity index (χ0v) is 16.5. The average Bonchev–Trinajstić information content (AvgIpc) is 2.97. The van der Waals surface area contributed by atoms with Crippen molar-refractivity contribution in [2.75, 3.05) is 0 Å². The molecule has 3 aliphatic carbocycles. The van der Waals surface area contributed by atoms with Crippen molar-refractivity contribution in [3.63, 3.8) is 0 Å². The second-order valence-corrected chi connectivity index (χ2v) is 9.56. The lowest BCUT2D eigenvalue weighted by Crippen LogP contribution is -2.43. The third-order valence-electron chi connectivity index (χ3n) is 7.95. The monoisotopic (exact) mass is 382 g/mol. The van der Waals surface area contributed by atoms with Crippen LogP contribution in [0.1, 0.15) is 56.1 Å². The van der Waals surface area contributed by atoms with E-state index in [4.69, 9.17) is 11.6 Å². The van der Waals surface area contributed by atoms with Gasteiger partial charge in [-0.05, 0) is 103 Å². The van der Waals surface area contributed by atoms with Gasteiger partial charge in [0.15, 0.2) is 0 Å². The minimum atomic E-state index is -0.130. The van der Waals surface area contributed by atoms with Crippen molar-refractivity contribution in [1.82, 2.24) is 0 Å². The Morgan fingerprint density at radius 2 is 1.81 bits per heavy atom. The minimum absolute atomic E-state index is 0.106. The smallest absolute Gasteiger partial charge is 0.123 e. The van der Waals surface area contributed by atoms with Crippen LogP contribution in [0.25, 0.3) is 11.1 Å². The van der Waals surface area contributed by atoms with Crippen LogP contribution in [-0.2, 0) is 6.42 Å². The predicted octanol–water partition coefficient (Wildman–Crippen LogP) is 5.93. The molecule has 0 aliphatic heterocycles. The first-order valence-electron chi connectivity index (χ1n) is 10.3. The summed E-state index contributed by atoms with van der Waals surface area (Å²) in [5, 5.41) is 21.9. The number of hydrogen-bond donors (Lipinski definition) is 2. The highest BCUT2D eigenvalue weighted by Crippen LogP contribution is 2.61. The molecule has 0 heterocycles. The lowest BCUT2D eigenvalue weighted by molar-refractivity contribution is -0.0226. The highest BCUT2D eigenvalue weighted by molar-refractivity contribution is 6.30. The number of aliphatic hydroxyl groups excluding tert-OH is 1. The summed E-state index contributed by atoms with van der Waals surface area (Å²) in [6.45, 7) is 2.32. The van der Waals surface area contributed by atoms with Gasteiger partial charge in [0.2, 0.25) is 0 Å². The Morgan fingerprint density at radius 1 is 1.04 bits per heavy atom. The number of hydrogen-bond acceptors (Lipinski definition) is 2. The van der Waals surface area contributed by atoms with Crippen molar-refractivity contribution in [2.24, 2.45) is 17.3 Å². The van der Waals surface area contributed by atoms with Gasteiger partial charge in [-0.15, -0.1) is 0 Å². The number of phenols is 1. The molecule has 0 amide bonds. The highest BCUT2D eigenvalue weighted by atomic mass is 35.5. The molecular formula is C24H27ClO2. The number of fused-ring (bicyclic) bond motifs is 5. The number of aryl methyl sites for hydroxylation is 1. The van der Waals surface area contributed by atoms with Crippen molar-refractivity contribution in [1.29, 1.82) is 0 Å². The van der Waals surface area contributed by atoms with Gasteiger partial charge in [0.25, 0.3) is 0 Å². The van der Waals surface area contributed by atoms with Crippen LogP contribution in [0.2, 0.25) is 5.02 Å². The summed E-state index contributed by atoms with van der Waals surface area (Å²) in [6.07, 6.45) is 6.47. The van der Waals surface area contributed by atoms with Gasteiger partial charge in [0.05, 0.1) is 6.10 Å². The summed E-state index contributed by atoms with van der Waals surface area (Å²) < 4.78 is 0. The van der Waals surface area contributed by atoms with Gasteiger partial charge >= 0.3 is 0 Å². The fourth-order valence-corrected chi connectivity index (χ4v) is 6.57. The highest BCUT2D eigenvalue weighted by Gasteiger charge is 2.54. The van der Waals surface area contributed by atoms with E-state index in [9.17, 15) is 10.2 Å². The lowest BCUT2D eigenvalue weighted by Gasteiger charge is -2.50. The van der Waals surface area contributed by atoms with Crippen molar-refractivity contribution in [2.45, 2.75) is 57.5 Å². The van der Waals surface area contributed by atoms with E-state index in [2.05, 4.69) is 13.0 Å². The molecule has 3 aliphatic rings. The van der Waals surface area contributed by atoms with Gasteiger partial charge in [0.1, 0.15) is 5.75 Å². The van der Waals surface area contributed by atoms with Gasteiger partial charge in [0, 0.05) is 10.6 Å². The normalized spacial score (nSPS) is 34.6. The standard InChI is InChI=1S/C24H27ClO2/c1-24-11-10-17-18(21(24)8-9-23(24)27)7-4-15-12-22(26)20(13-19(15)17)14-2-5-16(25)6-3-14/h2-3,5-6,12-13,17-18,21,23,26-27H,4,7-11H2,1H3/t17-,18+,21-,23-,24-/m0/s1. The van der Waals surface area contributed by atoms with E-state index in [0.717, 1.165) is 43.2 Å². The molecular weight excluding hydrogens is 356 g/mol. The molecule has 3 heteroatoms. The fourth-order valence-electron chi connectivity index (χ4n) is 6.44. The molecule has 2 nitrogen and oxygen atoms in total. The summed E-state index contributed by atoms with van der Waals surface area (Å²) >= 11 is 6.04. The third-order valence-corrected chi connectivity index (χ3v) is 8.20. The molecule has 27 heavy (non-hydrogen) atoms. The lowest BCUT2D eigenvalue weighted by atomic mass is 9.55. The molecule has 2 aromatic rings. The van der Waals surface area contributed by atoms with E-state index in [1.807, 2.05) is 30.3 Å². The fraction of sp³-hybridized carbons (Fsp3) is 0.500. The maximum atomic E-state index is 10.6. The van der Waals surface area contributed by atoms with Gasteiger partial charge in [-0.25, -0.2) is 0 Å². The van der Waals surface area contributed by atoms with E-state index in [1.165, 1.54) is 17.5 Å². The minimum Gasteiger partial charge on any atom is -0.507 e. The van der Waals surface area contributed by atoms with Gasteiger partial charge in [-0.2, -0.15) is 0 Å². The molecule has 0 radical (unpaired) electrons. The van der Waals surface area contributed by atoms with Crippen LogP contribution in [0.15, 0.2) is 36.4 Å². The zero-order valence-electron chi connectivity index (χ0n) is 15.8. The number of benzene rings is 2. The second kappa shape index (κ2) is 6.25. The zero-order chi connectivity index (χ0) is 18.8. The van der Waals surface area contributed by atoms with Crippen LogP contribution in [-0.4, -0.2) is 16.3 Å². The SMILES string of the molecule is C[C@]12CC[C@@H]3c4cc(-c5ccc(Cl)cc5)c(O)cc4CC[C@H]3[C@@H]1CC[C@@H]2O. The molecule has 0 bridgehead atoms. The van der Waals surface area contributed by atoms with Crippen LogP contribution < -0.4 is 0 Å². The Balaban J connectivity index is 1.55. The number of rotatable bonds is 1. The molecule has 0 aromatic heterocycles. The molecule has 5 rings (SSSR count). The first kappa shape index (κ1) is 17.6. The Kier molecular flexibility index (Phi) is 4.07. The Labute approximate surface area is 166 Å². The van der Waals surface area contributed by atoms with E-state index >= 15 is 0 Å². The second-order valence-electron chi connectivity index (χ2n) is 9.13. The van der Waals surface area contributed by atoms with Crippen LogP contribution in [0.5, 0.6) is 5.75 Å². The molecule has 0 saturated heterocycles. The maximum absolute atomic E-state index is 10.6. The van der Waals surface area contributed by atoms with Gasteiger partial charge in [-0.1, -0.05) is 30.7 Å². The summed E-state index contributed by atoms with van der Waals surface area (Å²) in [5.74, 6) is 2.22. The van der Waals surface area contributed by atoms with Crippen molar-refractivity contribution in [3.05, 3.63) is 52.5 Å². The largest absolute Gasteiger partial charge is 0.507 e. The van der Waals surface area contributed by atoms with Crippen LogP contribution in [0.3, 0.4) is 0 Å². The third kappa shape index (κ3) is 2.64. The van der Waals surface area contributed by atoms with Crippen LogP contribution >= 0.6 is 11.6 Å². The number of phenolic OH excluding ortho intramolecular Hbond substituents is 1. The first-order valence-corrected chi connectivity index (χ1v) is 10.6.